The second-order valence-corrected chi connectivity index (χ2v) is 8.08. The molecule has 3 aromatic rings. The molecule has 1 aliphatic carbocycles. The van der Waals surface area contributed by atoms with E-state index in [1.54, 1.807) is 0 Å². The molecule has 1 saturated carbocycles. The van der Waals surface area contributed by atoms with Gasteiger partial charge in [0.25, 0.3) is 0 Å². The lowest BCUT2D eigenvalue weighted by molar-refractivity contribution is 0.443. The van der Waals surface area contributed by atoms with Crippen LogP contribution in [0.1, 0.15) is 43.6 Å². The Bertz CT molecular complexity index is 845. The maximum atomic E-state index is 3.82. The maximum Gasteiger partial charge on any atom is 0.0253 e. The Morgan fingerprint density at radius 2 is 1.50 bits per heavy atom. The van der Waals surface area contributed by atoms with Crippen molar-refractivity contribution in [2.75, 3.05) is 0 Å². The van der Waals surface area contributed by atoms with Crippen molar-refractivity contribution in [3.8, 4) is 0 Å². The van der Waals surface area contributed by atoms with Crippen molar-refractivity contribution < 1.29 is 0 Å². The Labute approximate surface area is 148 Å². The molecule has 2 heteroatoms. The molecule has 0 atom stereocenters. The van der Waals surface area contributed by atoms with Crippen LogP contribution < -0.4 is 0 Å². The van der Waals surface area contributed by atoms with Gasteiger partial charge in [-0.05, 0) is 76.2 Å². The van der Waals surface area contributed by atoms with E-state index in [1.165, 1.54) is 68.2 Å². The van der Waals surface area contributed by atoms with E-state index in [1.807, 2.05) is 0 Å². The molecule has 0 bridgehead atoms. The van der Waals surface area contributed by atoms with Crippen LogP contribution in [0.5, 0.6) is 0 Å². The highest BCUT2D eigenvalue weighted by atomic mass is 79.9. The summed E-state index contributed by atoms with van der Waals surface area (Å²) in [5.74, 6) is 0.728. The van der Waals surface area contributed by atoms with Gasteiger partial charge in [0.05, 0.1) is 0 Å². The average Bonchev–Trinajstić information content (AvgIpc) is 2.54. The first kappa shape index (κ1) is 14.7. The number of hydrogen-bond acceptors (Lipinski definition) is 0. The first-order chi connectivity index (χ1) is 10.7. The van der Waals surface area contributed by atoms with Crippen molar-refractivity contribution in [1.29, 1.82) is 0 Å². The van der Waals surface area contributed by atoms with Gasteiger partial charge in [-0.1, -0.05) is 63.3 Å². The van der Waals surface area contributed by atoms with Crippen LogP contribution >= 0.6 is 31.9 Å². The fourth-order valence-electron chi connectivity index (χ4n) is 3.75. The normalized spacial score (nSPS) is 16.5. The highest BCUT2D eigenvalue weighted by Crippen LogP contribution is 2.39. The van der Waals surface area contributed by atoms with Crippen LogP contribution in [-0.2, 0) is 0 Å². The molecular formula is C20H18Br2. The van der Waals surface area contributed by atoms with Crippen LogP contribution in [0.2, 0.25) is 0 Å². The molecule has 0 heterocycles. The van der Waals surface area contributed by atoms with Gasteiger partial charge in [-0.3, -0.25) is 0 Å². The molecule has 112 valence electrons. The minimum atomic E-state index is 0.728. The van der Waals surface area contributed by atoms with E-state index < -0.39 is 0 Å². The number of hydrogen-bond donors (Lipinski definition) is 0. The van der Waals surface area contributed by atoms with E-state index in [-0.39, 0.29) is 0 Å². The van der Waals surface area contributed by atoms with Gasteiger partial charge in [0.2, 0.25) is 0 Å². The fraction of sp³-hybridized carbons (Fsp3) is 0.300. The van der Waals surface area contributed by atoms with Crippen LogP contribution in [0.15, 0.2) is 51.4 Å². The monoisotopic (exact) mass is 416 g/mol. The van der Waals surface area contributed by atoms with Crippen LogP contribution in [0, 0.1) is 0 Å². The van der Waals surface area contributed by atoms with E-state index in [0.29, 0.717) is 0 Å². The molecule has 3 aromatic carbocycles. The predicted molar refractivity (Wildman–Crippen MR) is 103 cm³/mol. The van der Waals surface area contributed by atoms with Gasteiger partial charge in [-0.2, -0.15) is 0 Å². The molecule has 0 unspecified atom stereocenters. The van der Waals surface area contributed by atoms with Crippen LogP contribution in [0.4, 0.5) is 0 Å². The van der Waals surface area contributed by atoms with Crippen LogP contribution in [0.25, 0.3) is 21.5 Å². The summed E-state index contributed by atoms with van der Waals surface area (Å²) in [4.78, 5) is 0. The number of benzene rings is 3. The Balaban J connectivity index is 1.90. The molecule has 0 nitrogen and oxygen atoms in total. The maximum absolute atomic E-state index is 3.82. The summed E-state index contributed by atoms with van der Waals surface area (Å²) < 4.78 is 2.44. The third-order valence-corrected chi connectivity index (χ3v) is 6.32. The summed E-state index contributed by atoms with van der Waals surface area (Å²) in [7, 11) is 0. The lowest BCUT2D eigenvalue weighted by Crippen LogP contribution is -2.05. The molecule has 0 spiro atoms. The summed E-state index contributed by atoms with van der Waals surface area (Å²) in [6, 6.07) is 15.8. The lowest BCUT2D eigenvalue weighted by atomic mass is 9.83. The third-order valence-electron chi connectivity index (χ3n) is 4.94. The molecule has 0 aliphatic heterocycles. The zero-order chi connectivity index (χ0) is 15.1. The van der Waals surface area contributed by atoms with Gasteiger partial charge in [0.1, 0.15) is 0 Å². The molecule has 0 saturated heterocycles. The number of halogens is 2. The molecule has 0 radical (unpaired) electrons. The molecular weight excluding hydrogens is 400 g/mol. The average molecular weight is 418 g/mol. The van der Waals surface area contributed by atoms with Gasteiger partial charge in [-0.25, -0.2) is 0 Å². The largest absolute Gasteiger partial charge is 0.0605 e. The first-order valence-electron chi connectivity index (χ1n) is 8.04. The van der Waals surface area contributed by atoms with Crippen molar-refractivity contribution in [1.82, 2.24) is 0 Å². The highest BCUT2D eigenvalue weighted by molar-refractivity contribution is 9.11. The molecule has 0 aromatic heterocycles. The van der Waals surface area contributed by atoms with E-state index >= 15 is 0 Å². The second-order valence-electron chi connectivity index (χ2n) is 6.37. The van der Waals surface area contributed by atoms with Crippen molar-refractivity contribution in [3.63, 3.8) is 0 Å². The zero-order valence-electron chi connectivity index (χ0n) is 12.4. The van der Waals surface area contributed by atoms with Gasteiger partial charge >= 0.3 is 0 Å². The van der Waals surface area contributed by atoms with Crippen LogP contribution in [0.3, 0.4) is 0 Å². The lowest BCUT2D eigenvalue weighted by Gasteiger charge is -2.23. The number of rotatable bonds is 1. The molecule has 1 fully saturated rings. The molecule has 22 heavy (non-hydrogen) atoms. The summed E-state index contributed by atoms with van der Waals surface area (Å²) in [6.45, 7) is 0. The van der Waals surface area contributed by atoms with Gasteiger partial charge in [0.15, 0.2) is 0 Å². The minimum absolute atomic E-state index is 0.728. The van der Waals surface area contributed by atoms with Crippen molar-refractivity contribution in [3.05, 3.63) is 57.0 Å². The molecule has 0 N–H and O–H groups in total. The number of fused-ring (bicyclic) bond motifs is 2. The van der Waals surface area contributed by atoms with E-state index in [0.717, 1.165) is 5.92 Å². The second kappa shape index (κ2) is 5.98. The highest BCUT2D eigenvalue weighted by Gasteiger charge is 2.18. The Morgan fingerprint density at radius 1 is 0.727 bits per heavy atom. The molecule has 1 aliphatic rings. The van der Waals surface area contributed by atoms with E-state index in [9.17, 15) is 0 Å². The standard InChI is InChI=1S/C20H18Br2/c21-19-8-4-7-14-9-15-10-17(13-5-2-1-3-6-13)20(22)12-16(15)11-18(14)19/h4,7-13H,1-3,5-6H2. The summed E-state index contributed by atoms with van der Waals surface area (Å²) in [5.41, 5.74) is 1.50. The van der Waals surface area contributed by atoms with Crippen molar-refractivity contribution in [2.45, 2.75) is 38.0 Å². The summed E-state index contributed by atoms with van der Waals surface area (Å²) in [6.07, 6.45) is 6.83. The Kier molecular flexibility index (Phi) is 4.00. The molecule has 0 amide bonds. The minimum Gasteiger partial charge on any atom is -0.0605 e. The van der Waals surface area contributed by atoms with Gasteiger partial charge < -0.3 is 0 Å². The van der Waals surface area contributed by atoms with E-state index in [2.05, 4.69) is 74.3 Å². The van der Waals surface area contributed by atoms with Crippen molar-refractivity contribution in [2.24, 2.45) is 0 Å². The third kappa shape index (κ3) is 2.61. The summed E-state index contributed by atoms with van der Waals surface area (Å²) >= 11 is 7.49. The first-order valence-corrected chi connectivity index (χ1v) is 9.62. The SMILES string of the molecule is Brc1cc2cc3c(Br)cccc3cc2cc1C1CCCCC1. The molecule has 4 rings (SSSR count). The zero-order valence-corrected chi connectivity index (χ0v) is 15.6. The van der Waals surface area contributed by atoms with Crippen LogP contribution in [-0.4, -0.2) is 0 Å². The van der Waals surface area contributed by atoms with E-state index in [4.69, 9.17) is 0 Å². The topological polar surface area (TPSA) is 0 Å². The Hall–Kier alpha value is -0.860. The van der Waals surface area contributed by atoms with Gasteiger partial charge in [-0.15, -0.1) is 0 Å². The fourth-order valence-corrected chi connectivity index (χ4v) is 4.94. The Morgan fingerprint density at radius 3 is 2.32 bits per heavy atom. The smallest absolute Gasteiger partial charge is 0.0253 e. The van der Waals surface area contributed by atoms with Gasteiger partial charge in [0, 0.05) is 8.95 Å². The van der Waals surface area contributed by atoms with Crippen molar-refractivity contribution >= 4 is 53.4 Å². The predicted octanol–water partition coefficient (Wildman–Crippen LogP) is 7.57. The summed E-state index contributed by atoms with van der Waals surface area (Å²) in [5, 5.41) is 5.26. The quantitative estimate of drug-likeness (QED) is 0.358.